The van der Waals surface area contributed by atoms with Gasteiger partial charge in [0, 0.05) is 0 Å². The molecular weight excluding hydrogens is 228 g/mol. The fourth-order valence-electron chi connectivity index (χ4n) is 1.53. The standard InChI is InChI=1S/C9H12.C8H10.C2H6/c1-7-4-5-8(2)9(3)6-7;1-7-3-5-8(2)6-4-7;1-2/h4-6H,1-3H3;3-6H,1-2H3;1-2H3. The van der Waals surface area contributed by atoms with Gasteiger partial charge in [-0.3, -0.25) is 0 Å². The zero-order valence-corrected chi connectivity index (χ0v) is 13.5. The third-order valence-corrected chi connectivity index (χ3v) is 2.88. The Kier molecular flexibility index (Phi) is 8.61. The first-order valence-electron chi connectivity index (χ1n) is 7.06. The molecule has 0 unspecified atom stereocenters. The second kappa shape index (κ2) is 9.38. The van der Waals surface area contributed by atoms with Crippen molar-refractivity contribution in [1.29, 1.82) is 0 Å². The minimum absolute atomic E-state index is 1.33. The summed E-state index contributed by atoms with van der Waals surface area (Å²) in [5, 5.41) is 0. The highest BCUT2D eigenvalue weighted by molar-refractivity contribution is 5.28. The summed E-state index contributed by atoms with van der Waals surface area (Å²) in [6.07, 6.45) is 0. The van der Waals surface area contributed by atoms with E-state index in [9.17, 15) is 0 Å². The Morgan fingerprint density at radius 2 is 0.842 bits per heavy atom. The van der Waals surface area contributed by atoms with E-state index in [-0.39, 0.29) is 0 Å². The molecule has 0 N–H and O–H groups in total. The maximum atomic E-state index is 2.20. The van der Waals surface area contributed by atoms with Crippen LogP contribution in [0.1, 0.15) is 41.7 Å². The second-order valence-electron chi connectivity index (χ2n) is 4.74. The topological polar surface area (TPSA) is 0 Å². The van der Waals surface area contributed by atoms with Crippen molar-refractivity contribution in [3.63, 3.8) is 0 Å². The summed E-state index contributed by atoms with van der Waals surface area (Å²) in [6, 6.07) is 15.0. The molecule has 0 spiro atoms. The molecule has 0 atom stereocenters. The van der Waals surface area contributed by atoms with E-state index in [0.29, 0.717) is 0 Å². The van der Waals surface area contributed by atoms with Crippen molar-refractivity contribution in [1.82, 2.24) is 0 Å². The minimum Gasteiger partial charge on any atom is -0.0683 e. The van der Waals surface area contributed by atoms with Crippen LogP contribution in [0.4, 0.5) is 0 Å². The molecule has 104 valence electrons. The van der Waals surface area contributed by atoms with Crippen molar-refractivity contribution < 1.29 is 0 Å². The van der Waals surface area contributed by atoms with E-state index >= 15 is 0 Å². The predicted octanol–water partition coefficient (Wildman–Crippen LogP) is 5.94. The first kappa shape index (κ1) is 17.4. The van der Waals surface area contributed by atoms with Crippen molar-refractivity contribution in [2.75, 3.05) is 0 Å². The molecule has 0 heteroatoms. The Balaban J connectivity index is 0.000000303. The van der Waals surface area contributed by atoms with Crippen molar-refractivity contribution in [2.45, 2.75) is 48.5 Å². The highest BCUT2D eigenvalue weighted by atomic mass is 13.9. The van der Waals surface area contributed by atoms with Gasteiger partial charge < -0.3 is 0 Å². The largest absolute Gasteiger partial charge is 0.0683 e. The summed E-state index contributed by atoms with van der Waals surface area (Å²) < 4.78 is 0. The molecule has 2 aromatic carbocycles. The van der Waals surface area contributed by atoms with E-state index in [0.717, 1.165) is 0 Å². The number of rotatable bonds is 0. The maximum absolute atomic E-state index is 2.20. The zero-order chi connectivity index (χ0) is 14.8. The second-order valence-corrected chi connectivity index (χ2v) is 4.74. The minimum atomic E-state index is 1.33. The lowest BCUT2D eigenvalue weighted by atomic mass is 10.1. The van der Waals surface area contributed by atoms with E-state index in [4.69, 9.17) is 0 Å². The molecule has 0 aliphatic heterocycles. The van der Waals surface area contributed by atoms with Gasteiger partial charge in [-0.25, -0.2) is 0 Å². The van der Waals surface area contributed by atoms with E-state index in [2.05, 4.69) is 77.1 Å². The third-order valence-electron chi connectivity index (χ3n) is 2.88. The Labute approximate surface area is 119 Å². The van der Waals surface area contributed by atoms with Crippen molar-refractivity contribution in [3.8, 4) is 0 Å². The summed E-state index contributed by atoms with van der Waals surface area (Å²) in [5.41, 5.74) is 6.76. The Bertz CT molecular complexity index is 443. The zero-order valence-electron chi connectivity index (χ0n) is 13.5. The highest BCUT2D eigenvalue weighted by Gasteiger charge is 1.89. The van der Waals surface area contributed by atoms with Crippen LogP contribution in [0.2, 0.25) is 0 Å². The fraction of sp³-hybridized carbons (Fsp3) is 0.368. The summed E-state index contributed by atoms with van der Waals surface area (Å²) >= 11 is 0. The molecule has 0 nitrogen and oxygen atoms in total. The van der Waals surface area contributed by atoms with E-state index in [1.165, 1.54) is 27.8 Å². The van der Waals surface area contributed by atoms with Gasteiger partial charge in [-0.2, -0.15) is 0 Å². The summed E-state index contributed by atoms with van der Waals surface area (Å²) in [5.74, 6) is 0. The highest BCUT2D eigenvalue weighted by Crippen LogP contribution is 2.07. The molecule has 0 bridgehead atoms. The average Bonchev–Trinajstić information content (AvgIpc) is 2.41. The molecule has 0 fully saturated rings. The molecule has 0 aromatic heterocycles. The number of aryl methyl sites for hydroxylation is 5. The van der Waals surface area contributed by atoms with Crippen LogP contribution >= 0.6 is 0 Å². The number of benzene rings is 2. The van der Waals surface area contributed by atoms with Crippen molar-refractivity contribution in [3.05, 3.63) is 70.3 Å². The molecule has 0 heterocycles. The van der Waals surface area contributed by atoms with E-state index in [1.807, 2.05) is 13.8 Å². The van der Waals surface area contributed by atoms with Gasteiger partial charge in [0.05, 0.1) is 0 Å². The molecule has 0 amide bonds. The normalized spacial score (nSPS) is 8.79. The Morgan fingerprint density at radius 3 is 1.16 bits per heavy atom. The van der Waals surface area contributed by atoms with E-state index < -0.39 is 0 Å². The lowest BCUT2D eigenvalue weighted by molar-refractivity contribution is 1.30. The quantitative estimate of drug-likeness (QED) is 0.547. The van der Waals surface area contributed by atoms with Crippen LogP contribution in [-0.4, -0.2) is 0 Å². The van der Waals surface area contributed by atoms with Gasteiger partial charge in [0.25, 0.3) is 0 Å². The van der Waals surface area contributed by atoms with Crippen LogP contribution in [0.25, 0.3) is 0 Å². The van der Waals surface area contributed by atoms with Crippen LogP contribution in [-0.2, 0) is 0 Å². The molecule has 0 saturated heterocycles. The Hall–Kier alpha value is -1.56. The summed E-state index contributed by atoms with van der Waals surface area (Å²) in [6.45, 7) is 14.6. The van der Waals surface area contributed by atoms with Crippen molar-refractivity contribution in [2.24, 2.45) is 0 Å². The van der Waals surface area contributed by atoms with Crippen LogP contribution in [0, 0.1) is 34.6 Å². The van der Waals surface area contributed by atoms with Crippen LogP contribution in [0.3, 0.4) is 0 Å². The molecule has 0 aliphatic rings. The van der Waals surface area contributed by atoms with Gasteiger partial charge in [0.2, 0.25) is 0 Å². The first-order chi connectivity index (χ1) is 8.99. The molecule has 0 aliphatic carbocycles. The molecule has 2 rings (SSSR count). The van der Waals surface area contributed by atoms with Crippen molar-refractivity contribution >= 4 is 0 Å². The Morgan fingerprint density at radius 1 is 0.474 bits per heavy atom. The maximum Gasteiger partial charge on any atom is -0.0395 e. The smallest absolute Gasteiger partial charge is 0.0395 e. The number of hydrogen-bond donors (Lipinski definition) is 0. The SMILES string of the molecule is CC.Cc1ccc(C)c(C)c1.Cc1ccc(C)cc1. The lowest BCUT2D eigenvalue weighted by Crippen LogP contribution is -1.79. The molecule has 19 heavy (non-hydrogen) atoms. The van der Waals surface area contributed by atoms with Crippen LogP contribution in [0.15, 0.2) is 42.5 Å². The molecule has 0 saturated carbocycles. The van der Waals surface area contributed by atoms with Gasteiger partial charge in [-0.1, -0.05) is 73.0 Å². The van der Waals surface area contributed by atoms with Gasteiger partial charge in [-0.05, 0) is 45.7 Å². The van der Waals surface area contributed by atoms with Crippen LogP contribution < -0.4 is 0 Å². The monoisotopic (exact) mass is 256 g/mol. The average molecular weight is 256 g/mol. The van der Waals surface area contributed by atoms with Gasteiger partial charge in [0.1, 0.15) is 0 Å². The predicted molar refractivity (Wildman–Crippen MR) is 87.9 cm³/mol. The molecule has 2 aromatic rings. The fourth-order valence-corrected chi connectivity index (χ4v) is 1.53. The summed E-state index contributed by atoms with van der Waals surface area (Å²) in [4.78, 5) is 0. The van der Waals surface area contributed by atoms with E-state index in [1.54, 1.807) is 0 Å². The van der Waals surface area contributed by atoms with Gasteiger partial charge >= 0.3 is 0 Å². The van der Waals surface area contributed by atoms with Gasteiger partial charge in [0.15, 0.2) is 0 Å². The summed E-state index contributed by atoms with van der Waals surface area (Å²) in [7, 11) is 0. The molecular formula is C19H28. The van der Waals surface area contributed by atoms with Crippen LogP contribution in [0.5, 0.6) is 0 Å². The first-order valence-corrected chi connectivity index (χ1v) is 7.06. The van der Waals surface area contributed by atoms with Gasteiger partial charge in [-0.15, -0.1) is 0 Å². The molecule has 0 radical (unpaired) electrons. The lowest BCUT2D eigenvalue weighted by Gasteiger charge is -1.98. The third kappa shape index (κ3) is 7.46. The number of hydrogen-bond acceptors (Lipinski definition) is 0.